The Labute approximate surface area is 209 Å². The highest BCUT2D eigenvalue weighted by atomic mass is 16.5. The molecule has 7 rings (SSSR count). The van der Waals surface area contributed by atoms with E-state index in [0.717, 1.165) is 30.4 Å². The standard InChI is InChI=1S/C26H28N8O2/c1-36-18-6-15(5-17(22(18)35)26-7-12-2-13(8-26)4-14(3-12)9-26)21-19-20(29)16(10-27)23(30)33-24(19)34-25(32-21)31-11-28/h5-6,12-14,21,35H,2-4,7-9H2,1H3,(H6,29,30,31,32,33,34). The van der Waals surface area contributed by atoms with Gasteiger partial charge in [0.2, 0.25) is 5.96 Å². The Balaban J connectivity index is 1.55. The van der Waals surface area contributed by atoms with Gasteiger partial charge in [0, 0.05) is 11.1 Å². The number of benzene rings is 1. The molecule has 0 spiro atoms. The highest BCUT2D eigenvalue weighted by Gasteiger charge is 2.53. The number of phenolic OH excluding ortho intramolecular Hbond substituents is 1. The number of hydrogen-bond donors (Lipinski definition) is 5. The summed E-state index contributed by atoms with van der Waals surface area (Å²) >= 11 is 0. The topological polar surface area (TPSA) is 178 Å². The number of hydrogen-bond acceptors (Lipinski definition) is 10. The molecule has 36 heavy (non-hydrogen) atoms. The molecular weight excluding hydrogens is 456 g/mol. The molecule has 10 nitrogen and oxygen atoms in total. The van der Waals surface area contributed by atoms with Crippen molar-refractivity contribution in [1.82, 2.24) is 10.3 Å². The number of nitrogens with one attached hydrogen (secondary N) is 2. The Morgan fingerprint density at radius 2 is 1.81 bits per heavy atom. The fourth-order valence-electron chi connectivity index (χ4n) is 7.61. The number of nitrogens with zero attached hydrogens (tertiary/aromatic N) is 4. The van der Waals surface area contributed by atoms with Gasteiger partial charge in [-0.15, -0.1) is 0 Å². The molecule has 5 aliphatic rings. The van der Waals surface area contributed by atoms with E-state index in [2.05, 4.69) is 15.6 Å². The summed E-state index contributed by atoms with van der Waals surface area (Å²) < 4.78 is 5.64. The molecule has 0 radical (unpaired) electrons. The lowest BCUT2D eigenvalue weighted by Gasteiger charge is -2.57. The molecule has 4 fully saturated rings. The van der Waals surface area contributed by atoms with E-state index in [0.29, 0.717) is 34.9 Å². The van der Waals surface area contributed by atoms with Gasteiger partial charge in [-0.3, -0.25) is 5.32 Å². The Kier molecular flexibility index (Phi) is 4.91. The number of nitriles is 2. The van der Waals surface area contributed by atoms with Crippen LogP contribution in [0.25, 0.3) is 0 Å². The molecule has 1 atom stereocenters. The first kappa shape index (κ1) is 22.3. The number of fused-ring (bicyclic) bond motifs is 1. The molecule has 4 bridgehead atoms. The Morgan fingerprint density at radius 1 is 1.14 bits per heavy atom. The summed E-state index contributed by atoms with van der Waals surface area (Å²) in [5, 5.41) is 35.7. The zero-order valence-electron chi connectivity index (χ0n) is 20.0. The van der Waals surface area contributed by atoms with E-state index < -0.39 is 6.04 Å². The summed E-state index contributed by atoms with van der Waals surface area (Å²) in [4.78, 5) is 9.05. The molecule has 1 unspecified atom stereocenters. The Hall–Kier alpha value is -4.18. The lowest BCUT2D eigenvalue weighted by atomic mass is 9.48. The number of nitrogen functional groups attached to an aromatic ring is 2. The minimum Gasteiger partial charge on any atom is -0.504 e. The van der Waals surface area contributed by atoms with E-state index >= 15 is 0 Å². The van der Waals surface area contributed by atoms with Gasteiger partial charge in [0.25, 0.3) is 0 Å². The minimum atomic E-state index is -0.695. The average molecular weight is 485 g/mol. The molecular formula is C26H28N8O2. The minimum absolute atomic E-state index is 0.00393. The molecule has 2 heterocycles. The molecule has 1 aliphatic heterocycles. The number of rotatable bonds is 3. The normalized spacial score (nSPS) is 29.4. The quantitative estimate of drug-likeness (QED) is 0.323. The van der Waals surface area contributed by atoms with Crippen LogP contribution in [0.4, 0.5) is 17.3 Å². The summed E-state index contributed by atoms with van der Waals surface area (Å²) in [5.41, 5.74) is 14.7. The second kappa shape index (κ2) is 7.92. The largest absolute Gasteiger partial charge is 0.504 e. The molecule has 10 heteroatoms. The predicted molar refractivity (Wildman–Crippen MR) is 134 cm³/mol. The van der Waals surface area contributed by atoms with E-state index in [4.69, 9.17) is 21.2 Å². The third-order valence-corrected chi connectivity index (χ3v) is 8.60. The van der Waals surface area contributed by atoms with Crippen LogP contribution in [0.5, 0.6) is 11.5 Å². The SMILES string of the molecule is COc1cc(C2N=C(NC#N)Nc3nc(N)c(C#N)c(N)c32)cc(C23CC4CC(CC(C4)C2)C3)c1O. The van der Waals surface area contributed by atoms with Crippen LogP contribution < -0.4 is 26.8 Å². The predicted octanol–water partition coefficient (Wildman–Crippen LogP) is 3.24. The molecule has 1 aromatic heterocycles. The lowest BCUT2D eigenvalue weighted by molar-refractivity contribution is -0.00630. The van der Waals surface area contributed by atoms with E-state index in [-0.39, 0.29) is 34.2 Å². The van der Waals surface area contributed by atoms with Gasteiger partial charge in [-0.2, -0.15) is 10.5 Å². The number of aliphatic imine (C=N–C) groups is 1. The number of methoxy groups -OCH3 is 1. The van der Waals surface area contributed by atoms with Gasteiger partial charge in [-0.25, -0.2) is 9.98 Å². The fraction of sp³-hybridized carbons (Fsp3) is 0.462. The molecule has 184 valence electrons. The third kappa shape index (κ3) is 3.21. The first-order valence-corrected chi connectivity index (χ1v) is 12.3. The van der Waals surface area contributed by atoms with Gasteiger partial charge in [-0.05, 0) is 79.4 Å². The first-order valence-electron chi connectivity index (χ1n) is 12.3. The fourth-order valence-corrected chi connectivity index (χ4v) is 7.61. The maximum absolute atomic E-state index is 11.4. The molecule has 0 saturated heterocycles. The van der Waals surface area contributed by atoms with Crippen molar-refractivity contribution in [2.24, 2.45) is 22.7 Å². The van der Waals surface area contributed by atoms with Crippen LogP contribution in [0.1, 0.15) is 66.8 Å². The number of phenols is 1. The number of aromatic hydroxyl groups is 1. The van der Waals surface area contributed by atoms with E-state index in [1.54, 1.807) is 6.07 Å². The average Bonchev–Trinajstić information content (AvgIpc) is 2.83. The van der Waals surface area contributed by atoms with Crippen molar-refractivity contribution in [1.29, 1.82) is 10.5 Å². The molecule has 0 amide bonds. The van der Waals surface area contributed by atoms with Crippen LogP contribution in [0.15, 0.2) is 17.1 Å². The Morgan fingerprint density at radius 3 is 2.39 bits per heavy atom. The number of pyridine rings is 1. The molecule has 4 saturated carbocycles. The summed E-state index contributed by atoms with van der Waals surface area (Å²) in [7, 11) is 1.54. The van der Waals surface area contributed by atoms with Crippen molar-refractivity contribution in [3.63, 3.8) is 0 Å². The molecule has 7 N–H and O–H groups in total. The van der Waals surface area contributed by atoms with E-state index in [1.807, 2.05) is 18.3 Å². The zero-order valence-corrected chi connectivity index (χ0v) is 20.0. The van der Waals surface area contributed by atoms with Crippen molar-refractivity contribution < 1.29 is 9.84 Å². The van der Waals surface area contributed by atoms with Crippen LogP contribution >= 0.6 is 0 Å². The maximum atomic E-state index is 11.4. The smallest absolute Gasteiger partial charge is 0.211 e. The second-order valence-corrected chi connectivity index (χ2v) is 10.7. The van der Waals surface area contributed by atoms with Crippen LogP contribution in [0, 0.1) is 40.5 Å². The van der Waals surface area contributed by atoms with Crippen molar-refractivity contribution in [2.75, 3.05) is 23.9 Å². The van der Waals surface area contributed by atoms with Gasteiger partial charge >= 0.3 is 0 Å². The summed E-state index contributed by atoms with van der Waals surface area (Å²) in [5.74, 6) is 3.13. The molecule has 4 aliphatic carbocycles. The van der Waals surface area contributed by atoms with Crippen LogP contribution in [0.3, 0.4) is 0 Å². The van der Waals surface area contributed by atoms with Gasteiger partial charge in [0.15, 0.2) is 17.7 Å². The van der Waals surface area contributed by atoms with Gasteiger partial charge in [0.1, 0.15) is 29.3 Å². The van der Waals surface area contributed by atoms with Crippen LogP contribution in [0.2, 0.25) is 0 Å². The van der Waals surface area contributed by atoms with Gasteiger partial charge in [0.05, 0.1) is 12.8 Å². The summed E-state index contributed by atoms with van der Waals surface area (Å²) in [6, 6.07) is 5.10. The first-order chi connectivity index (χ1) is 17.4. The third-order valence-electron chi connectivity index (χ3n) is 8.60. The van der Waals surface area contributed by atoms with E-state index in [1.165, 1.54) is 26.4 Å². The van der Waals surface area contributed by atoms with Crippen LogP contribution in [-0.4, -0.2) is 23.2 Å². The number of nitrogens with two attached hydrogens (primary N) is 2. The number of ether oxygens (including phenoxy) is 1. The van der Waals surface area contributed by atoms with Crippen molar-refractivity contribution in [2.45, 2.75) is 50.0 Å². The second-order valence-electron chi connectivity index (χ2n) is 10.7. The monoisotopic (exact) mass is 484 g/mol. The zero-order chi connectivity index (χ0) is 25.2. The van der Waals surface area contributed by atoms with Crippen molar-refractivity contribution in [3.05, 3.63) is 34.4 Å². The summed E-state index contributed by atoms with van der Waals surface area (Å²) in [6.07, 6.45) is 8.91. The number of guanidine groups is 1. The maximum Gasteiger partial charge on any atom is 0.211 e. The summed E-state index contributed by atoms with van der Waals surface area (Å²) in [6.45, 7) is 0. The number of anilines is 3. The Bertz CT molecular complexity index is 1350. The lowest BCUT2D eigenvalue weighted by Crippen LogP contribution is -2.48. The van der Waals surface area contributed by atoms with Crippen molar-refractivity contribution >= 4 is 23.3 Å². The van der Waals surface area contributed by atoms with Crippen LogP contribution in [-0.2, 0) is 5.41 Å². The van der Waals surface area contributed by atoms with E-state index in [9.17, 15) is 15.6 Å². The molecule has 1 aromatic carbocycles. The highest BCUT2D eigenvalue weighted by molar-refractivity contribution is 5.98. The number of aromatic nitrogens is 1. The molecule has 2 aromatic rings. The highest BCUT2D eigenvalue weighted by Crippen LogP contribution is 2.62. The van der Waals surface area contributed by atoms with Gasteiger partial charge in [-0.1, -0.05) is 0 Å². The van der Waals surface area contributed by atoms with Crippen molar-refractivity contribution in [3.8, 4) is 23.8 Å². The van der Waals surface area contributed by atoms with Gasteiger partial charge < -0.3 is 26.6 Å².